The number of nitrogens with one attached hydrogen (secondary N) is 1. The molecule has 0 aliphatic rings. The van der Waals surface area contributed by atoms with Crippen LogP contribution in [0.15, 0.2) is 24.3 Å². The lowest BCUT2D eigenvalue weighted by Gasteiger charge is -2.18. The Morgan fingerprint density at radius 1 is 1.35 bits per heavy atom. The van der Waals surface area contributed by atoms with Crippen LogP contribution in [-0.2, 0) is 13.6 Å². The molecule has 0 bridgehead atoms. The van der Waals surface area contributed by atoms with Crippen molar-refractivity contribution in [1.29, 1.82) is 0 Å². The number of ether oxygens (including phenoxy) is 1. The molecule has 0 fully saturated rings. The summed E-state index contributed by atoms with van der Waals surface area (Å²) in [5, 5.41) is 7.88. The number of nitrogens with zero attached hydrogens (tertiary/aromatic N) is 3. The maximum Gasteiger partial charge on any atom is 0.165 e. The molecule has 0 aliphatic carbocycles. The number of aryl methyl sites for hydroxylation is 2. The van der Waals surface area contributed by atoms with Gasteiger partial charge in [0.1, 0.15) is 12.4 Å². The highest BCUT2D eigenvalue weighted by Gasteiger charge is 2.15. The van der Waals surface area contributed by atoms with Gasteiger partial charge in [-0.15, -0.1) is 0 Å². The van der Waals surface area contributed by atoms with Crippen molar-refractivity contribution in [2.24, 2.45) is 7.05 Å². The van der Waals surface area contributed by atoms with E-state index in [-0.39, 0.29) is 17.6 Å². The lowest BCUT2D eigenvalue weighted by atomic mass is 10.2. The number of hydrogen-bond acceptors (Lipinski definition) is 4. The van der Waals surface area contributed by atoms with Crippen molar-refractivity contribution in [1.82, 2.24) is 15.1 Å². The summed E-state index contributed by atoms with van der Waals surface area (Å²) in [6.07, 6.45) is 0. The predicted octanol–water partition coefficient (Wildman–Crippen LogP) is 2.49. The van der Waals surface area contributed by atoms with Gasteiger partial charge in [-0.2, -0.15) is 5.10 Å². The number of anilines is 1. The van der Waals surface area contributed by atoms with Crippen LogP contribution in [0, 0.1) is 12.7 Å². The molecule has 0 radical (unpaired) electrons. The zero-order chi connectivity index (χ0) is 17.0. The minimum Gasteiger partial charge on any atom is -0.489 e. The van der Waals surface area contributed by atoms with Crippen LogP contribution in [0.25, 0.3) is 0 Å². The molecule has 1 atom stereocenters. The second-order valence-electron chi connectivity index (χ2n) is 5.93. The van der Waals surface area contributed by atoms with Crippen LogP contribution in [-0.4, -0.2) is 36.5 Å². The van der Waals surface area contributed by atoms with E-state index in [0.29, 0.717) is 13.2 Å². The number of halogens is 1. The van der Waals surface area contributed by atoms with Crippen molar-refractivity contribution in [2.45, 2.75) is 26.4 Å². The van der Waals surface area contributed by atoms with Crippen molar-refractivity contribution in [3.05, 3.63) is 41.3 Å². The van der Waals surface area contributed by atoms with Gasteiger partial charge in [0.2, 0.25) is 0 Å². The summed E-state index contributed by atoms with van der Waals surface area (Å²) < 4.78 is 20.9. The third kappa shape index (κ3) is 4.22. The van der Waals surface area contributed by atoms with E-state index in [9.17, 15) is 4.39 Å². The maximum atomic E-state index is 13.5. The smallest absolute Gasteiger partial charge is 0.165 e. The molecular weight excluding hydrogens is 295 g/mol. The number of benzene rings is 1. The predicted molar refractivity (Wildman–Crippen MR) is 90.5 cm³/mol. The average molecular weight is 320 g/mol. The summed E-state index contributed by atoms with van der Waals surface area (Å²) in [6.45, 7) is 5.11. The Hall–Kier alpha value is -2.08. The average Bonchev–Trinajstić information content (AvgIpc) is 2.78. The fourth-order valence-corrected chi connectivity index (χ4v) is 2.57. The minimum atomic E-state index is -0.335. The van der Waals surface area contributed by atoms with E-state index < -0.39 is 0 Å². The normalized spacial score (nSPS) is 12.3. The van der Waals surface area contributed by atoms with E-state index in [1.54, 1.807) is 18.2 Å². The van der Waals surface area contributed by atoms with Gasteiger partial charge >= 0.3 is 0 Å². The molecule has 0 aliphatic heterocycles. The standard InChI is InChI=1S/C17H25FN4O/c1-12(11-23-16-9-7-6-8-15(16)18)19-10-14-13(2)20-22(5)17(14)21(3)4/h6-9,12,19H,10-11H2,1-5H3/t12-/m1/s1. The van der Waals surface area contributed by atoms with Gasteiger partial charge in [-0.05, 0) is 26.0 Å². The van der Waals surface area contributed by atoms with Crippen LogP contribution in [0.1, 0.15) is 18.2 Å². The molecule has 0 saturated heterocycles. The summed E-state index contributed by atoms with van der Waals surface area (Å²) in [7, 11) is 5.95. The van der Waals surface area contributed by atoms with Crippen LogP contribution >= 0.6 is 0 Å². The molecule has 2 rings (SSSR count). The molecule has 23 heavy (non-hydrogen) atoms. The van der Waals surface area contributed by atoms with Gasteiger partial charge in [-0.25, -0.2) is 4.39 Å². The van der Waals surface area contributed by atoms with E-state index in [4.69, 9.17) is 4.74 Å². The lowest BCUT2D eigenvalue weighted by molar-refractivity contribution is 0.261. The van der Waals surface area contributed by atoms with Gasteiger partial charge in [-0.3, -0.25) is 4.68 Å². The summed E-state index contributed by atoms with van der Waals surface area (Å²) in [5.74, 6) is 1.03. The molecule has 1 N–H and O–H groups in total. The van der Waals surface area contributed by atoms with E-state index in [1.165, 1.54) is 6.07 Å². The van der Waals surface area contributed by atoms with E-state index in [2.05, 4.69) is 15.3 Å². The molecule has 126 valence electrons. The molecule has 0 spiro atoms. The largest absolute Gasteiger partial charge is 0.489 e. The van der Waals surface area contributed by atoms with Gasteiger partial charge < -0.3 is 15.0 Å². The van der Waals surface area contributed by atoms with Gasteiger partial charge in [0.15, 0.2) is 11.6 Å². The first-order chi connectivity index (χ1) is 10.9. The monoisotopic (exact) mass is 320 g/mol. The Labute approximate surface area is 137 Å². The first-order valence-electron chi connectivity index (χ1n) is 7.70. The van der Waals surface area contributed by atoms with E-state index in [1.807, 2.05) is 39.7 Å². The molecule has 6 heteroatoms. The van der Waals surface area contributed by atoms with Crippen LogP contribution < -0.4 is 15.0 Å². The number of hydrogen-bond donors (Lipinski definition) is 1. The highest BCUT2D eigenvalue weighted by Crippen LogP contribution is 2.21. The molecule has 0 saturated carbocycles. The van der Waals surface area contributed by atoms with Crippen molar-refractivity contribution in [3.63, 3.8) is 0 Å². The fourth-order valence-electron chi connectivity index (χ4n) is 2.57. The van der Waals surface area contributed by atoms with Crippen LogP contribution in [0.5, 0.6) is 5.75 Å². The molecular formula is C17H25FN4O. The van der Waals surface area contributed by atoms with Crippen molar-refractivity contribution in [2.75, 3.05) is 25.6 Å². The lowest BCUT2D eigenvalue weighted by Crippen LogP contribution is -2.32. The zero-order valence-corrected chi connectivity index (χ0v) is 14.4. The molecule has 1 aromatic carbocycles. The first kappa shape index (κ1) is 17.3. The molecule has 1 aromatic heterocycles. The summed E-state index contributed by atoms with van der Waals surface area (Å²) in [5.41, 5.74) is 2.17. The van der Waals surface area contributed by atoms with Gasteiger partial charge in [0, 0.05) is 39.3 Å². The number of aromatic nitrogens is 2. The Kier molecular flexibility index (Phi) is 5.60. The highest BCUT2D eigenvalue weighted by atomic mass is 19.1. The van der Waals surface area contributed by atoms with Crippen molar-refractivity contribution in [3.8, 4) is 5.75 Å². The third-order valence-corrected chi connectivity index (χ3v) is 3.69. The SMILES string of the molecule is Cc1nn(C)c(N(C)C)c1CN[C@H](C)COc1ccccc1F. The second kappa shape index (κ2) is 7.46. The quantitative estimate of drug-likeness (QED) is 0.851. The Morgan fingerprint density at radius 3 is 2.70 bits per heavy atom. The van der Waals surface area contributed by atoms with E-state index >= 15 is 0 Å². The molecule has 2 aromatic rings. The van der Waals surface area contributed by atoms with Crippen LogP contribution in [0.4, 0.5) is 10.2 Å². The first-order valence-corrected chi connectivity index (χ1v) is 7.70. The molecule has 5 nitrogen and oxygen atoms in total. The summed E-state index contributed by atoms with van der Waals surface area (Å²) in [4.78, 5) is 2.05. The summed E-state index contributed by atoms with van der Waals surface area (Å²) in [6, 6.07) is 6.54. The highest BCUT2D eigenvalue weighted by molar-refractivity contribution is 5.48. The molecule has 0 amide bonds. The molecule has 1 heterocycles. The maximum absolute atomic E-state index is 13.5. The van der Waals surface area contributed by atoms with Gasteiger partial charge in [0.25, 0.3) is 0 Å². The second-order valence-corrected chi connectivity index (χ2v) is 5.93. The van der Waals surface area contributed by atoms with Gasteiger partial charge in [-0.1, -0.05) is 12.1 Å². The third-order valence-electron chi connectivity index (χ3n) is 3.69. The number of rotatable bonds is 7. The summed E-state index contributed by atoms with van der Waals surface area (Å²) >= 11 is 0. The Balaban J connectivity index is 1.92. The fraction of sp³-hybridized carbons (Fsp3) is 0.471. The number of para-hydroxylation sites is 1. The van der Waals surface area contributed by atoms with Crippen molar-refractivity contribution < 1.29 is 9.13 Å². The Morgan fingerprint density at radius 2 is 2.04 bits per heavy atom. The van der Waals surface area contributed by atoms with Crippen LogP contribution in [0.3, 0.4) is 0 Å². The van der Waals surface area contributed by atoms with Crippen LogP contribution in [0.2, 0.25) is 0 Å². The Bertz CT molecular complexity index is 654. The molecule has 0 unspecified atom stereocenters. The zero-order valence-electron chi connectivity index (χ0n) is 14.4. The topological polar surface area (TPSA) is 42.3 Å². The van der Waals surface area contributed by atoms with Crippen molar-refractivity contribution >= 4 is 5.82 Å². The van der Waals surface area contributed by atoms with Gasteiger partial charge in [0.05, 0.1) is 5.69 Å². The van der Waals surface area contributed by atoms with E-state index in [0.717, 1.165) is 17.1 Å². The minimum absolute atomic E-state index is 0.0872.